The first-order valence-corrected chi connectivity index (χ1v) is 11.9. The number of aliphatic imine (C=N–C) groups is 2. The fraction of sp³-hybridized carbons (Fsp3) is 0.667. The molecule has 0 atom stereocenters. The first kappa shape index (κ1) is 24.7. The van der Waals surface area contributed by atoms with E-state index in [1.165, 1.54) is 44.2 Å². The fourth-order valence-electron chi connectivity index (χ4n) is 3.32. The normalized spacial score (nSPS) is 18.1. The summed E-state index contributed by atoms with van der Waals surface area (Å²) in [6.07, 6.45) is 6.48. The van der Waals surface area contributed by atoms with E-state index in [1.54, 1.807) is 19.2 Å². The van der Waals surface area contributed by atoms with Gasteiger partial charge in [0, 0.05) is 26.7 Å². The minimum atomic E-state index is -4.08. The van der Waals surface area contributed by atoms with Crippen molar-refractivity contribution in [1.82, 2.24) is 4.90 Å². The van der Waals surface area contributed by atoms with Crippen LogP contribution in [0.3, 0.4) is 0 Å². The molecule has 0 unspecified atom stereocenters. The van der Waals surface area contributed by atoms with Crippen LogP contribution in [0.5, 0.6) is 0 Å². The lowest BCUT2D eigenvalue weighted by Gasteiger charge is -2.25. The summed E-state index contributed by atoms with van der Waals surface area (Å²) in [5.74, 6) is 0. The maximum atomic E-state index is 10.6. The number of benzene rings is 1. The van der Waals surface area contributed by atoms with Gasteiger partial charge in [0.1, 0.15) is 0 Å². The molecule has 3 rings (SSSR count). The SMILES string of the molecule is C(=NCCN1CCOCC1)=NC1CCCCC1.COCc1ccc(S(=O)(=O)O)cc1. The molecular weight excluding hydrogens is 406 g/mol. The van der Waals surface area contributed by atoms with Crippen molar-refractivity contribution in [3.05, 3.63) is 29.8 Å². The highest BCUT2D eigenvalue weighted by atomic mass is 32.2. The van der Waals surface area contributed by atoms with Gasteiger partial charge >= 0.3 is 0 Å². The van der Waals surface area contributed by atoms with Crippen LogP contribution >= 0.6 is 0 Å². The van der Waals surface area contributed by atoms with Crippen molar-refractivity contribution < 1.29 is 22.4 Å². The second-order valence-electron chi connectivity index (χ2n) is 7.41. The van der Waals surface area contributed by atoms with E-state index in [4.69, 9.17) is 14.0 Å². The van der Waals surface area contributed by atoms with Gasteiger partial charge in [0.2, 0.25) is 0 Å². The topological polar surface area (TPSA) is 101 Å². The van der Waals surface area contributed by atoms with Crippen molar-refractivity contribution in [2.45, 2.75) is 49.6 Å². The predicted molar refractivity (Wildman–Crippen MR) is 116 cm³/mol. The summed E-state index contributed by atoms with van der Waals surface area (Å²) in [7, 11) is -2.52. The zero-order valence-corrected chi connectivity index (χ0v) is 18.5. The van der Waals surface area contributed by atoms with Crippen LogP contribution in [0.1, 0.15) is 37.7 Å². The Hall–Kier alpha value is -1.61. The molecule has 0 aromatic heterocycles. The zero-order chi connectivity index (χ0) is 21.7. The van der Waals surface area contributed by atoms with Gasteiger partial charge in [-0.3, -0.25) is 9.45 Å². The van der Waals surface area contributed by atoms with Crippen LogP contribution in [0.2, 0.25) is 0 Å². The van der Waals surface area contributed by atoms with Crippen LogP contribution in [0, 0.1) is 0 Å². The molecule has 1 aromatic rings. The summed E-state index contributed by atoms with van der Waals surface area (Å²) < 4.78 is 40.0. The molecule has 1 saturated heterocycles. The van der Waals surface area contributed by atoms with Crippen molar-refractivity contribution in [1.29, 1.82) is 0 Å². The van der Waals surface area contributed by atoms with Gasteiger partial charge in [0.25, 0.3) is 10.1 Å². The number of morpholine rings is 1. The third-order valence-corrected chi connectivity index (χ3v) is 5.92. The van der Waals surface area contributed by atoms with Crippen molar-refractivity contribution in [2.75, 3.05) is 46.5 Å². The third-order valence-electron chi connectivity index (χ3n) is 5.05. The van der Waals surface area contributed by atoms with E-state index < -0.39 is 10.1 Å². The Morgan fingerprint density at radius 2 is 1.83 bits per heavy atom. The molecule has 2 aliphatic rings. The van der Waals surface area contributed by atoms with Crippen LogP contribution in [0.25, 0.3) is 0 Å². The third kappa shape index (κ3) is 9.93. The van der Waals surface area contributed by atoms with E-state index in [-0.39, 0.29) is 4.90 Å². The Kier molecular flexibility index (Phi) is 11.2. The van der Waals surface area contributed by atoms with Gasteiger partial charge in [-0.1, -0.05) is 31.4 Å². The molecule has 0 amide bonds. The molecule has 1 N–H and O–H groups in total. The molecule has 1 aromatic carbocycles. The smallest absolute Gasteiger partial charge is 0.294 e. The summed E-state index contributed by atoms with van der Waals surface area (Å²) in [5.41, 5.74) is 0.856. The maximum Gasteiger partial charge on any atom is 0.294 e. The van der Waals surface area contributed by atoms with E-state index in [0.717, 1.165) is 45.0 Å². The van der Waals surface area contributed by atoms with Crippen molar-refractivity contribution in [3.63, 3.8) is 0 Å². The summed E-state index contributed by atoms with van der Waals surface area (Å²) in [5, 5.41) is 0. The molecular formula is C21H33N3O5S. The Labute approximate surface area is 179 Å². The minimum Gasteiger partial charge on any atom is -0.380 e. The number of methoxy groups -OCH3 is 1. The van der Waals surface area contributed by atoms with Crippen molar-refractivity contribution in [2.24, 2.45) is 9.98 Å². The molecule has 1 aliphatic heterocycles. The molecule has 1 aliphatic carbocycles. The van der Waals surface area contributed by atoms with Gasteiger partial charge < -0.3 is 9.47 Å². The van der Waals surface area contributed by atoms with Crippen LogP contribution in [-0.4, -0.2) is 76.4 Å². The van der Waals surface area contributed by atoms with Gasteiger partial charge in [-0.2, -0.15) is 8.42 Å². The second-order valence-corrected chi connectivity index (χ2v) is 8.83. The molecule has 2 fully saturated rings. The monoisotopic (exact) mass is 439 g/mol. The Balaban J connectivity index is 0.000000222. The summed E-state index contributed by atoms with van der Waals surface area (Å²) >= 11 is 0. The first-order chi connectivity index (χ1) is 14.5. The number of nitrogens with zero attached hydrogens (tertiary/aromatic N) is 3. The summed E-state index contributed by atoms with van der Waals surface area (Å²) in [6.45, 7) is 6.04. The molecule has 0 bridgehead atoms. The van der Waals surface area contributed by atoms with Crippen LogP contribution in [-0.2, 0) is 26.2 Å². The minimum absolute atomic E-state index is 0.104. The lowest BCUT2D eigenvalue weighted by Crippen LogP contribution is -2.37. The van der Waals surface area contributed by atoms with E-state index in [1.807, 2.05) is 0 Å². The van der Waals surface area contributed by atoms with E-state index in [9.17, 15) is 8.42 Å². The molecule has 9 heteroatoms. The van der Waals surface area contributed by atoms with Gasteiger partial charge in [-0.25, -0.2) is 9.98 Å². The van der Waals surface area contributed by atoms with E-state index >= 15 is 0 Å². The van der Waals surface area contributed by atoms with Gasteiger partial charge in [0.15, 0.2) is 0 Å². The average molecular weight is 440 g/mol. The van der Waals surface area contributed by atoms with E-state index in [0.29, 0.717) is 12.6 Å². The number of rotatable bonds is 7. The number of hydrogen-bond donors (Lipinski definition) is 1. The Bertz CT molecular complexity index is 764. The van der Waals surface area contributed by atoms with Gasteiger partial charge in [-0.15, -0.1) is 0 Å². The Morgan fingerprint density at radius 1 is 1.17 bits per heavy atom. The van der Waals surface area contributed by atoms with Crippen LogP contribution in [0.4, 0.5) is 0 Å². The molecule has 1 heterocycles. The van der Waals surface area contributed by atoms with Crippen LogP contribution in [0.15, 0.2) is 39.1 Å². The summed E-state index contributed by atoms with van der Waals surface area (Å²) in [6, 6.07) is 9.24. The molecule has 168 valence electrons. The highest BCUT2D eigenvalue weighted by molar-refractivity contribution is 7.85. The standard InChI is InChI=1S/C13H23N3O.C8H10O4S/c1-2-4-13(5-3-1)15-12-14-6-7-16-8-10-17-11-9-16;1-12-6-7-2-4-8(5-3-7)13(9,10)11/h13H,1-11H2;2-5H,6H2,1H3,(H,9,10,11). The fourth-order valence-corrected chi connectivity index (χ4v) is 3.80. The van der Waals surface area contributed by atoms with Gasteiger partial charge in [0.05, 0.1) is 43.3 Å². The molecule has 30 heavy (non-hydrogen) atoms. The van der Waals surface area contributed by atoms with Crippen molar-refractivity contribution in [3.8, 4) is 0 Å². The second kappa shape index (κ2) is 13.6. The molecule has 1 saturated carbocycles. The quantitative estimate of drug-likeness (QED) is 0.518. The first-order valence-electron chi connectivity index (χ1n) is 10.5. The molecule has 8 nitrogen and oxygen atoms in total. The lowest BCUT2D eigenvalue weighted by atomic mass is 9.96. The zero-order valence-electron chi connectivity index (χ0n) is 17.7. The lowest BCUT2D eigenvalue weighted by molar-refractivity contribution is 0.0395. The highest BCUT2D eigenvalue weighted by Gasteiger charge is 2.11. The Morgan fingerprint density at radius 3 is 2.43 bits per heavy atom. The largest absolute Gasteiger partial charge is 0.380 e. The number of hydrogen-bond acceptors (Lipinski definition) is 7. The predicted octanol–water partition coefficient (Wildman–Crippen LogP) is 2.90. The van der Waals surface area contributed by atoms with Gasteiger partial charge in [-0.05, 0) is 30.5 Å². The highest BCUT2D eigenvalue weighted by Crippen LogP contribution is 2.19. The van der Waals surface area contributed by atoms with Crippen LogP contribution < -0.4 is 0 Å². The van der Waals surface area contributed by atoms with Crippen molar-refractivity contribution >= 4 is 16.1 Å². The summed E-state index contributed by atoms with van der Waals surface area (Å²) in [4.78, 5) is 10.9. The van der Waals surface area contributed by atoms with E-state index in [2.05, 4.69) is 20.9 Å². The average Bonchev–Trinajstić information content (AvgIpc) is 2.75. The number of ether oxygens (including phenoxy) is 2. The maximum absolute atomic E-state index is 10.6. The molecule has 0 radical (unpaired) electrons. The molecule has 0 spiro atoms.